The third kappa shape index (κ3) is 16.5. The van der Waals surface area contributed by atoms with Crippen molar-refractivity contribution in [1.82, 2.24) is 105 Å². The Morgan fingerprint density at radius 1 is 0.108 bits per heavy atom. The molecule has 0 amide bonds. The maximum Gasteiger partial charge on any atom is 0.179 e. The molecule has 120 heavy (non-hydrogen) atoms. The lowest BCUT2D eigenvalue weighted by atomic mass is 10.0. The molecule has 0 bridgehead atoms. The Labute approximate surface area is 688 Å². The maximum absolute atomic E-state index is 5.18. The summed E-state index contributed by atoms with van der Waals surface area (Å²) in [4.78, 5) is 101. The fraction of sp³-hybridized carbons (Fsp3) is 0. The minimum atomic E-state index is 0.398. The first-order valence-corrected chi connectivity index (χ1v) is 38.5. The van der Waals surface area contributed by atoms with Crippen LogP contribution in [0.15, 0.2) is 383 Å². The summed E-state index contributed by atoms with van der Waals surface area (Å²) < 4.78 is 0. The van der Waals surface area contributed by atoms with Gasteiger partial charge in [0.1, 0.15) is 5.69 Å². The minimum absolute atomic E-state index is 0.398. The summed E-state index contributed by atoms with van der Waals surface area (Å²) in [6, 6.07) is 105. The van der Waals surface area contributed by atoms with Crippen LogP contribution in [0.4, 0.5) is 0 Å². The van der Waals surface area contributed by atoms with Gasteiger partial charge in [0.05, 0.1) is 171 Å². The van der Waals surface area contributed by atoms with E-state index in [-0.39, 0.29) is 0 Å². The SMILES string of the molecule is c1ccc(-c2ccc(-c3cccc(-c4cc(-c5cccc(-c6ccc(-c7ccccn7)nc6)n5)nc(-c5cccc(-c6ccc(-c7ccccn7)nc6)n5)c4)n3)cn2)nc1.c1ccc(-c2cccc(-c3cccc(-c4cc(-c5cccc(-c6cccc(-c7ccccn7)n6)n5)nc(-c5cccc(-c6cccc(-c7ccccn7)n6)n5)n4)n3)n2)nc1. The van der Waals surface area contributed by atoms with E-state index in [1.54, 1.807) is 37.2 Å². The highest BCUT2D eigenvalue weighted by molar-refractivity contribution is 5.79. The van der Waals surface area contributed by atoms with E-state index in [9.17, 15) is 0 Å². The second kappa shape index (κ2) is 33.9. The minimum Gasteiger partial charge on any atom is -0.255 e. The van der Waals surface area contributed by atoms with Gasteiger partial charge in [-0.15, -0.1) is 0 Å². The van der Waals surface area contributed by atoms with E-state index in [4.69, 9.17) is 74.8 Å². The summed E-state index contributed by atoms with van der Waals surface area (Å²) in [6.07, 6.45) is 16.0. The zero-order valence-electron chi connectivity index (χ0n) is 63.8. The van der Waals surface area contributed by atoms with E-state index < -0.39 is 0 Å². The van der Waals surface area contributed by atoms with Gasteiger partial charge in [-0.2, -0.15) is 0 Å². The van der Waals surface area contributed by atoms with Gasteiger partial charge in [-0.3, -0.25) is 44.9 Å². The highest BCUT2D eigenvalue weighted by Gasteiger charge is 2.20. The van der Waals surface area contributed by atoms with Crippen molar-refractivity contribution in [1.29, 1.82) is 0 Å². The van der Waals surface area contributed by atoms with E-state index in [1.807, 2.05) is 346 Å². The monoisotopic (exact) mass is 1550 g/mol. The van der Waals surface area contributed by atoms with Gasteiger partial charge >= 0.3 is 0 Å². The zero-order valence-corrected chi connectivity index (χ0v) is 63.8. The molecule has 564 valence electrons. The molecule has 20 aromatic heterocycles. The molecule has 0 unspecified atom stereocenters. The molecule has 0 spiro atoms. The molecule has 0 aliphatic carbocycles. The lowest BCUT2D eigenvalue weighted by Gasteiger charge is -2.12. The third-order valence-corrected chi connectivity index (χ3v) is 19.4. The highest BCUT2D eigenvalue weighted by Crippen LogP contribution is 2.36. The Balaban J connectivity index is 0.000000159. The van der Waals surface area contributed by atoms with E-state index >= 15 is 0 Å². The molecule has 0 atom stereocenters. The molecule has 0 aliphatic heterocycles. The van der Waals surface area contributed by atoms with Gasteiger partial charge in [0.25, 0.3) is 0 Å². The Morgan fingerprint density at radius 2 is 0.292 bits per heavy atom. The lowest BCUT2D eigenvalue weighted by molar-refractivity contribution is 1.12. The molecule has 21 heteroatoms. The van der Waals surface area contributed by atoms with Crippen molar-refractivity contribution in [3.8, 4) is 205 Å². The Morgan fingerprint density at radius 3 is 0.550 bits per heavy atom. The molecule has 21 nitrogen and oxygen atoms in total. The van der Waals surface area contributed by atoms with Crippen molar-refractivity contribution in [2.24, 2.45) is 0 Å². The molecule has 0 saturated carbocycles. The van der Waals surface area contributed by atoms with Gasteiger partial charge in [0.2, 0.25) is 0 Å². The Bertz CT molecular complexity index is 6320. The predicted molar refractivity (Wildman–Crippen MR) is 464 cm³/mol. The first-order valence-electron chi connectivity index (χ1n) is 38.5. The van der Waals surface area contributed by atoms with Gasteiger partial charge < -0.3 is 0 Å². The summed E-state index contributed by atoms with van der Waals surface area (Å²) in [6.45, 7) is 0. The van der Waals surface area contributed by atoms with Crippen molar-refractivity contribution >= 4 is 0 Å². The van der Waals surface area contributed by atoms with Crippen LogP contribution in [-0.2, 0) is 0 Å². The Kier molecular flexibility index (Phi) is 20.7. The number of pyridine rings is 19. The van der Waals surface area contributed by atoms with E-state index in [1.165, 1.54) is 0 Å². The molecule has 0 N–H and O–H groups in total. The van der Waals surface area contributed by atoms with Crippen LogP contribution in [-0.4, -0.2) is 105 Å². The normalized spacial score (nSPS) is 11.0. The smallest absolute Gasteiger partial charge is 0.179 e. The second-order valence-corrected chi connectivity index (χ2v) is 27.3. The number of rotatable bonds is 18. The first kappa shape index (κ1) is 73.1. The largest absolute Gasteiger partial charge is 0.255 e. The molecule has 0 fully saturated rings. The van der Waals surface area contributed by atoms with Gasteiger partial charge in [-0.05, 0) is 237 Å². The molecule has 0 aromatic carbocycles. The van der Waals surface area contributed by atoms with Crippen molar-refractivity contribution in [3.05, 3.63) is 383 Å². The number of hydrogen-bond donors (Lipinski definition) is 0. The van der Waals surface area contributed by atoms with Crippen LogP contribution in [0.5, 0.6) is 0 Å². The second-order valence-electron chi connectivity index (χ2n) is 27.3. The van der Waals surface area contributed by atoms with Crippen LogP contribution in [0.1, 0.15) is 0 Å². The van der Waals surface area contributed by atoms with Gasteiger partial charge in [0, 0.05) is 78.0 Å². The predicted octanol–water partition coefficient (Wildman–Crippen LogP) is 20.7. The van der Waals surface area contributed by atoms with Crippen LogP contribution in [0, 0.1) is 0 Å². The topological polar surface area (TPSA) is 271 Å². The average Bonchev–Trinajstić information content (AvgIpc) is 0.783. The van der Waals surface area contributed by atoms with Gasteiger partial charge in [-0.25, -0.2) is 59.8 Å². The molecular weight excluding hydrogens is 1480 g/mol. The molecule has 0 aliphatic rings. The fourth-order valence-electron chi connectivity index (χ4n) is 13.5. The number of hydrogen-bond acceptors (Lipinski definition) is 21. The van der Waals surface area contributed by atoms with Crippen molar-refractivity contribution < 1.29 is 0 Å². The number of nitrogens with zero attached hydrogens (tertiary/aromatic N) is 21. The summed E-state index contributed by atoms with van der Waals surface area (Å²) in [5.74, 6) is 0.398. The fourth-order valence-corrected chi connectivity index (χ4v) is 13.5. The van der Waals surface area contributed by atoms with Crippen LogP contribution in [0.2, 0.25) is 0 Å². The van der Waals surface area contributed by atoms with E-state index in [2.05, 4.69) is 29.9 Å². The van der Waals surface area contributed by atoms with Gasteiger partial charge in [-0.1, -0.05) is 91.0 Å². The first-order chi connectivity index (χ1) is 59.4. The van der Waals surface area contributed by atoms with Crippen LogP contribution in [0.25, 0.3) is 205 Å². The van der Waals surface area contributed by atoms with Crippen molar-refractivity contribution in [3.63, 3.8) is 0 Å². The average molecular weight is 1550 g/mol. The lowest BCUT2D eigenvalue weighted by Crippen LogP contribution is -2.01. The van der Waals surface area contributed by atoms with Crippen LogP contribution in [0.3, 0.4) is 0 Å². The van der Waals surface area contributed by atoms with Crippen LogP contribution < -0.4 is 0 Å². The highest BCUT2D eigenvalue weighted by atomic mass is 15.0. The molecule has 20 aromatic rings. The molecule has 20 rings (SSSR count). The quantitative estimate of drug-likeness (QED) is 0.0772. The summed E-state index contributed by atoms with van der Waals surface area (Å²) >= 11 is 0. The standard InChI is InChI=1S/C50H32N10.C49H31N11/c1-4-25-51-41(10-1)44-22-19-33(30-54-44)37-13-7-16-40(57-37)36-28-49(47-17-8-14-38(58-47)34-20-23-45(55-31-34)42-11-2-5-26-52-42)60-50(29-36)48-18-9-15-39(59-48)35-21-24-46(56-32-35)43-12-3-6-27-53-43;1-4-28-50-32(13-1)35-16-7-19-38(53-35)40-22-10-25-44(56-40)47-31-48(45-26-11-23-41(57-45)39-20-8-17-36(54-39)33-14-2-5-29-51-33)60-49(59-47)46-27-12-24-43(58-46)42-21-9-18-37(55-42)34-15-3-6-30-52-34/h1-32H;1-31H. The van der Waals surface area contributed by atoms with Crippen molar-refractivity contribution in [2.45, 2.75) is 0 Å². The van der Waals surface area contributed by atoms with E-state index in [0.29, 0.717) is 91.2 Å². The molecule has 0 saturated heterocycles. The molecule has 20 heterocycles. The van der Waals surface area contributed by atoms with Gasteiger partial charge in [0.15, 0.2) is 5.82 Å². The molecular formula is C99H63N21. The summed E-state index contributed by atoms with van der Waals surface area (Å²) in [5.41, 5.74) is 25.9. The third-order valence-electron chi connectivity index (χ3n) is 19.4. The Hall–Kier alpha value is -17.1. The number of aromatic nitrogens is 21. The summed E-state index contributed by atoms with van der Waals surface area (Å²) in [5, 5.41) is 0. The van der Waals surface area contributed by atoms with E-state index in [0.717, 1.165) is 113 Å². The van der Waals surface area contributed by atoms with Crippen molar-refractivity contribution in [2.75, 3.05) is 0 Å². The molecule has 0 radical (unpaired) electrons. The maximum atomic E-state index is 5.18. The zero-order chi connectivity index (χ0) is 80.2. The van der Waals surface area contributed by atoms with Crippen LogP contribution >= 0.6 is 0 Å². The summed E-state index contributed by atoms with van der Waals surface area (Å²) in [7, 11) is 0.